The summed E-state index contributed by atoms with van der Waals surface area (Å²) in [7, 11) is 1.85. The van der Waals surface area contributed by atoms with E-state index in [1.54, 1.807) is 33.0 Å². The molecule has 2 aromatic carbocycles. The maximum atomic E-state index is 15.0. The minimum atomic E-state index is -0.797. The first-order valence-corrected chi connectivity index (χ1v) is 13.2. The fourth-order valence-corrected chi connectivity index (χ4v) is 5.25. The first kappa shape index (κ1) is 27.5. The Balaban J connectivity index is 1.52. The molecule has 4 rings (SSSR count). The summed E-state index contributed by atoms with van der Waals surface area (Å²) >= 11 is 0. The zero-order valence-corrected chi connectivity index (χ0v) is 22.6. The molecule has 0 atom stereocenters. The number of amides is 2. The molecule has 0 aliphatic heterocycles. The second-order valence-electron chi connectivity index (χ2n) is 11.0. The quantitative estimate of drug-likeness (QED) is 0.396. The maximum Gasteiger partial charge on any atom is 0.224 e. The Morgan fingerprint density at radius 3 is 2.34 bits per heavy atom. The number of halogens is 1. The number of carbonyl (C=O) groups excluding carboxylic acids is 2. The van der Waals surface area contributed by atoms with Crippen LogP contribution >= 0.6 is 0 Å². The molecule has 1 saturated carbocycles. The molecule has 6 nitrogen and oxygen atoms in total. The van der Waals surface area contributed by atoms with Gasteiger partial charge >= 0.3 is 0 Å². The Bertz CT molecular complexity index is 1290. The van der Waals surface area contributed by atoms with E-state index in [1.807, 2.05) is 54.4 Å². The van der Waals surface area contributed by atoms with E-state index in [-0.39, 0.29) is 23.7 Å². The highest BCUT2D eigenvalue weighted by atomic mass is 19.1. The average Bonchev–Trinajstić information content (AvgIpc) is 2.88. The molecule has 38 heavy (non-hydrogen) atoms. The van der Waals surface area contributed by atoms with Crippen molar-refractivity contribution in [3.63, 3.8) is 0 Å². The third kappa shape index (κ3) is 6.45. The largest absolute Gasteiger partial charge is 0.343 e. The van der Waals surface area contributed by atoms with Crippen LogP contribution in [0.3, 0.4) is 0 Å². The van der Waals surface area contributed by atoms with Gasteiger partial charge in [-0.05, 0) is 63.1 Å². The van der Waals surface area contributed by atoms with Gasteiger partial charge in [0.25, 0.3) is 0 Å². The fraction of sp³-hybridized carbons (Fsp3) is 0.387. The highest BCUT2D eigenvalue weighted by Crippen LogP contribution is 2.35. The maximum absolute atomic E-state index is 15.0. The van der Waals surface area contributed by atoms with Crippen LogP contribution in [-0.4, -0.2) is 34.8 Å². The summed E-state index contributed by atoms with van der Waals surface area (Å²) in [5.74, 6) is -0.0566. The predicted octanol–water partition coefficient (Wildman–Crippen LogP) is 6.11. The lowest BCUT2D eigenvalue weighted by atomic mass is 9.83. The van der Waals surface area contributed by atoms with Gasteiger partial charge in [0.05, 0.1) is 17.6 Å². The van der Waals surface area contributed by atoms with Crippen LogP contribution in [0.1, 0.15) is 58.4 Å². The molecule has 3 N–H and O–H groups in total. The van der Waals surface area contributed by atoms with E-state index in [0.717, 1.165) is 36.8 Å². The van der Waals surface area contributed by atoms with Gasteiger partial charge in [0.15, 0.2) is 0 Å². The van der Waals surface area contributed by atoms with Crippen LogP contribution < -0.4 is 11.1 Å². The SMILES string of the molecule is CC(=O)N(C)[C@H]1CC[C@H](CC(=O)Nc2cnc(-c3ccc(C(C)(C)N)c(F)c3)c(-c3ccccc3)c2)CC1. The van der Waals surface area contributed by atoms with Crippen LogP contribution in [0.2, 0.25) is 0 Å². The molecule has 1 aliphatic carbocycles. The Morgan fingerprint density at radius 2 is 1.74 bits per heavy atom. The van der Waals surface area contributed by atoms with Crippen molar-refractivity contribution in [3.05, 3.63) is 72.2 Å². The van der Waals surface area contributed by atoms with Crippen molar-refractivity contribution in [3.8, 4) is 22.4 Å². The second-order valence-corrected chi connectivity index (χ2v) is 11.0. The molecule has 7 heteroatoms. The van der Waals surface area contributed by atoms with Crippen molar-refractivity contribution in [2.24, 2.45) is 11.7 Å². The molecule has 2 amide bonds. The molecule has 0 bridgehead atoms. The summed E-state index contributed by atoms with van der Waals surface area (Å²) in [5, 5.41) is 3.01. The van der Waals surface area contributed by atoms with Crippen molar-refractivity contribution in [1.82, 2.24) is 9.88 Å². The van der Waals surface area contributed by atoms with Crippen LogP contribution in [0.15, 0.2) is 60.8 Å². The summed E-state index contributed by atoms with van der Waals surface area (Å²) < 4.78 is 15.0. The molecule has 1 aliphatic rings. The summed E-state index contributed by atoms with van der Waals surface area (Å²) in [6, 6.07) is 16.9. The highest BCUT2D eigenvalue weighted by molar-refractivity contribution is 5.93. The molecule has 3 aromatic rings. The molecule has 0 radical (unpaired) electrons. The van der Waals surface area contributed by atoms with Gasteiger partial charge in [-0.15, -0.1) is 0 Å². The number of aromatic nitrogens is 1. The summed E-state index contributed by atoms with van der Waals surface area (Å²) in [6.07, 6.45) is 5.72. The monoisotopic (exact) mass is 516 g/mol. The fourth-order valence-electron chi connectivity index (χ4n) is 5.25. The Hall–Kier alpha value is -3.58. The third-order valence-electron chi connectivity index (χ3n) is 7.53. The number of nitrogens with zero attached hydrogens (tertiary/aromatic N) is 2. The van der Waals surface area contributed by atoms with Crippen molar-refractivity contribution in [2.45, 2.75) is 64.5 Å². The molecule has 0 unspecified atom stereocenters. The smallest absolute Gasteiger partial charge is 0.224 e. The summed E-state index contributed by atoms with van der Waals surface area (Å²) in [4.78, 5) is 31.0. The number of nitrogens with one attached hydrogen (secondary N) is 1. The van der Waals surface area contributed by atoms with Gasteiger partial charge in [-0.2, -0.15) is 0 Å². The Morgan fingerprint density at radius 1 is 1.05 bits per heavy atom. The van der Waals surface area contributed by atoms with E-state index in [4.69, 9.17) is 5.73 Å². The molecular weight excluding hydrogens is 479 g/mol. The predicted molar refractivity (Wildman–Crippen MR) is 150 cm³/mol. The van der Waals surface area contributed by atoms with Gasteiger partial charge in [0, 0.05) is 48.7 Å². The second kappa shape index (κ2) is 11.4. The van der Waals surface area contributed by atoms with E-state index >= 15 is 0 Å². The Kier molecular flexibility index (Phi) is 8.26. The van der Waals surface area contributed by atoms with Gasteiger partial charge in [-0.3, -0.25) is 14.6 Å². The molecule has 0 saturated heterocycles. The molecule has 0 spiro atoms. The lowest BCUT2D eigenvalue weighted by Crippen LogP contribution is -2.38. The number of nitrogens with two attached hydrogens (primary N) is 1. The lowest BCUT2D eigenvalue weighted by molar-refractivity contribution is -0.130. The Labute approximate surface area is 224 Å². The standard InChI is InChI=1S/C31H37FN4O2/c1-20(37)36(4)25-13-10-21(11-14-25)16-29(38)35-24-18-26(22-8-6-5-7-9-22)30(34-19-24)23-12-15-27(28(32)17-23)31(2,3)33/h5-9,12,15,17-19,21,25H,10-11,13-14,16,33H2,1-4H3,(H,35,38)/t21-,25-. The van der Waals surface area contributed by atoms with Gasteiger partial charge < -0.3 is 16.0 Å². The summed E-state index contributed by atoms with van der Waals surface area (Å²) in [5.41, 5.74) is 9.35. The molecular formula is C31H37FN4O2. The van der Waals surface area contributed by atoms with E-state index in [1.165, 1.54) is 6.07 Å². The van der Waals surface area contributed by atoms with Crippen LogP contribution in [0.5, 0.6) is 0 Å². The molecule has 1 fully saturated rings. The number of carbonyl (C=O) groups is 2. The average molecular weight is 517 g/mol. The lowest BCUT2D eigenvalue weighted by Gasteiger charge is -2.34. The minimum absolute atomic E-state index is 0.0532. The number of anilines is 1. The van der Waals surface area contributed by atoms with E-state index in [0.29, 0.717) is 34.8 Å². The van der Waals surface area contributed by atoms with Crippen molar-refractivity contribution >= 4 is 17.5 Å². The highest BCUT2D eigenvalue weighted by Gasteiger charge is 2.27. The first-order valence-electron chi connectivity index (χ1n) is 13.2. The third-order valence-corrected chi connectivity index (χ3v) is 7.53. The van der Waals surface area contributed by atoms with E-state index < -0.39 is 5.54 Å². The normalized spacial score (nSPS) is 17.6. The summed E-state index contributed by atoms with van der Waals surface area (Å²) in [6.45, 7) is 5.13. The van der Waals surface area contributed by atoms with Gasteiger partial charge in [0.2, 0.25) is 11.8 Å². The number of pyridine rings is 1. The molecule has 200 valence electrons. The van der Waals surface area contributed by atoms with Gasteiger partial charge in [-0.25, -0.2) is 4.39 Å². The first-order chi connectivity index (χ1) is 18.0. The van der Waals surface area contributed by atoms with Crippen LogP contribution in [0.25, 0.3) is 22.4 Å². The minimum Gasteiger partial charge on any atom is -0.343 e. The molecule has 1 aromatic heterocycles. The van der Waals surface area contributed by atoms with Crippen LogP contribution in [0, 0.1) is 11.7 Å². The molecule has 1 heterocycles. The zero-order chi connectivity index (χ0) is 27.4. The van der Waals surface area contributed by atoms with Crippen LogP contribution in [-0.2, 0) is 15.1 Å². The van der Waals surface area contributed by atoms with Gasteiger partial charge in [-0.1, -0.05) is 42.5 Å². The zero-order valence-electron chi connectivity index (χ0n) is 22.6. The van der Waals surface area contributed by atoms with E-state index in [9.17, 15) is 14.0 Å². The number of rotatable bonds is 7. The van der Waals surface area contributed by atoms with Crippen molar-refractivity contribution in [2.75, 3.05) is 12.4 Å². The topological polar surface area (TPSA) is 88.3 Å². The van der Waals surface area contributed by atoms with Crippen LogP contribution in [0.4, 0.5) is 10.1 Å². The number of hydrogen-bond acceptors (Lipinski definition) is 4. The van der Waals surface area contributed by atoms with Gasteiger partial charge in [0.1, 0.15) is 5.82 Å². The van der Waals surface area contributed by atoms with Crippen molar-refractivity contribution in [1.29, 1.82) is 0 Å². The number of hydrogen-bond donors (Lipinski definition) is 2. The number of benzene rings is 2. The van der Waals surface area contributed by atoms with E-state index in [2.05, 4.69) is 10.3 Å². The van der Waals surface area contributed by atoms with Crippen molar-refractivity contribution < 1.29 is 14.0 Å².